The first-order chi connectivity index (χ1) is 13.3. The summed E-state index contributed by atoms with van der Waals surface area (Å²) in [4.78, 5) is 0. The fraction of sp³-hybridized carbons (Fsp3) is 1.00. The lowest BCUT2D eigenvalue weighted by molar-refractivity contribution is 0.272. The second-order valence-electron chi connectivity index (χ2n) is 7.97. The smallest absolute Gasteiger partial charge is 0.212 e. The topological polar surface area (TPSA) is 74.8 Å². The molecule has 8 heteroatoms. The van der Waals surface area contributed by atoms with Gasteiger partial charge in [0.05, 0.1) is 11.5 Å². The van der Waals surface area contributed by atoms with Crippen molar-refractivity contribution >= 4 is 20.0 Å². The Bertz CT molecular complexity index is 544. The minimum Gasteiger partial charge on any atom is -0.212 e. The second kappa shape index (κ2) is 13.9. The van der Waals surface area contributed by atoms with Gasteiger partial charge in [-0.3, -0.25) is 0 Å². The molecule has 0 aliphatic carbocycles. The molecule has 6 nitrogen and oxygen atoms in total. The van der Waals surface area contributed by atoms with Gasteiger partial charge in [-0.15, -0.1) is 0 Å². The fourth-order valence-electron chi connectivity index (χ4n) is 3.61. The molecule has 168 valence electrons. The summed E-state index contributed by atoms with van der Waals surface area (Å²) < 4.78 is 52.9. The number of sulfonamides is 2. The summed E-state index contributed by atoms with van der Waals surface area (Å²) in [6, 6.07) is 0. The van der Waals surface area contributed by atoms with E-state index in [2.05, 4.69) is 13.8 Å². The lowest BCUT2D eigenvalue weighted by Crippen LogP contribution is -2.51. The maximum atomic E-state index is 12.5. The van der Waals surface area contributed by atoms with Crippen LogP contribution in [0.5, 0.6) is 0 Å². The largest absolute Gasteiger partial charge is 0.214 e. The minimum absolute atomic E-state index is 0.184. The zero-order valence-electron chi connectivity index (χ0n) is 18.1. The van der Waals surface area contributed by atoms with Crippen LogP contribution in [-0.2, 0) is 20.0 Å². The van der Waals surface area contributed by atoms with E-state index in [0.29, 0.717) is 12.8 Å². The highest BCUT2D eigenvalue weighted by Crippen LogP contribution is 2.15. The molecule has 0 amide bonds. The molecule has 0 bridgehead atoms. The molecule has 0 saturated carbocycles. The summed E-state index contributed by atoms with van der Waals surface area (Å²) in [5.74, 6) is 0.368. The van der Waals surface area contributed by atoms with Gasteiger partial charge in [0.15, 0.2) is 0 Å². The van der Waals surface area contributed by atoms with Crippen LogP contribution in [0.1, 0.15) is 90.9 Å². The fourth-order valence-corrected chi connectivity index (χ4v) is 6.71. The van der Waals surface area contributed by atoms with Crippen molar-refractivity contribution in [3.8, 4) is 0 Å². The molecule has 0 aromatic heterocycles. The Hall–Kier alpha value is -0.180. The lowest BCUT2D eigenvalue weighted by Gasteiger charge is -2.33. The van der Waals surface area contributed by atoms with E-state index in [1.54, 1.807) is 0 Å². The number of rotatable bonds is 16. The molecule has 1 heterocycles. The van der Waals surface area contributed by atoms with Crippen molar-refractivity contribution in [1.82, 2.24) is 8.61 Å². The van der Waals surface area contributed by atoms with Crippen LogP contribution in [0.3, 0.4) is 0 Å². The third-order valence-corrected chi connectivity index (χ3v) is 9.41. The molecule has 0 aromatic rings. The van der Waals surface area contributed by atoms with Crippen LogP contribution in [0.15, 0.2) is 0 Å². The lowest BCUT2D eigenvalue weighted by atomic mass is 10.1. The molecule has 1 aliphatic heterocycles. The van der Waals surface area contributed by atoms with Gasteiger partial charge in [0.1, 0.15) is 0 Å². The van der Waals surface area contributed by atoms with Crippen LogP contribution < -0.4 is 0 Å². The van der Waals surface area contributed by atoms with Crippen molar-refractivity contribution in [2.24, 2.45) is 0 Å². The predicted molar refractivity (Wildman–Crippen MR) is 117 cm³/mol. The quantitative estimate of drug-likeness (QED) is 0.342. The molecule has 0 radical (unpaired) electrons. The average molecular weight is 439 g/mol. The predicted octanol–water partition coefficient (Wildman–Crippen LogP) is 3.98. The van der Waals surface area contributed by atoms with Gasteiger partial charge in [-0.05, 0) is 12.8 Å². The van der Waals surface area contributed by atoms with E-state index < -0.39 is 20.0 Å². The summed E-state index contributed by atoms with van der Waals surface area (Å²) in [6.45, 7) is 5.47. The van der Waals surface area contributed by atoms with E-state index in [-0.39, 0.29) is 37.7 Å². The van der Waals surface area contributed by atoms with Crippen LogP contribution in [0.4, 0.5) is 0 Å². The molecular weight excluding hydrogens is 396 g/mol. The van der Waals surface area contributed by atoms with E-state index in [4.69, 9.17) is 0 Å². The average Bonchev–Trinajstić information content (AvgIpc) is 2.67. The number of hydrogen-bond donors (Lipinski definition) is 0. The Balaban J connectivity index is 2.30. The Morgan fingerprint density at radius 2 is 0.786 bits per heavy atom. The van der Waals surface area contributed by atoms with Crippen molar-refractivity contribution in [3.05, 3.63) is 0 Å². The van der Waals surface area contributed by atoms with Crippen molar-refractivity contribution in [2.75, 3.05) is 37.7 Å². The van der Waals surface area contributed by atoms with Gasteiger partial charge in [-0.2, -0.15) is 8.61 Å². The van der Waals surface area contributed by atoms with Crippen molar-refractivity contribution in [3.63, 3.8) is 0 Å². The number of hydrogen-bond acceptors (Lipinski definition) is 4. The Labute approximate surface area is 174 Å². The molecule has 0 unspecified atom stereocenters. The first-order valence-corrected chi connectivity index (χ1v) is 14.5. The van der Waals surface area contributed by atoms with Gasteiger partial charge >= 0.3 is 0 Å². The SMILES string of the molecule is CCCCCCCCS(=O)(=O)N1CCN(S(=O)(=O)CCCCCCCC)CC1. The van der Waals surface area contributed by atoms with Crippen molar-refractivity contribution in [1.29, 1.82) is 0 Å². The maximum absolute atomic E-state index is 12.5. The van der Waals surface area contributed by atoms with Crippen LogP contribution in [0.2, 0.25) is 0 Å². The van der Waals surface area contributed by atoms with E-state index >= 15 is 0 Å². The molecule has 0 spiro atoms. The highest BCUT2D eigenvalue weighted by molar-refractivity contribution is 7.89. The first-order valence-electron chi connectivity index (χ1n) is 11.3. The molecule has 1 rings (SSSR count). The van der Waals surface area contributed by atoms with Crippen LogP contribution in [0.25, 0.3) is 0 Å². The van der Waals surface area contributed by atoms with E-state index in [1.165, 1.54) is 47.1 Å². The van der Waals surface area contributed by atoms with Gasteiger partial charge < -0.3 is 0 Å². The zero-order valence-corrected chi connectivity index (χ0v) is 19.7. The van der Waals surface area contributed by atoms with Crippen LogP contribution >= 0.6 is 0 Å². The Kier molecular flexibility index (Phi) is 12.9. The molecule has 0 aromatic carbocycles. The monoisotopic (exact) mass is 438 g/mol. The normalized spacial score (nSPS) is 17.2. The molecule has 1 aliphatic rings. The highest BCUT2D eigenvalue weighted by atomic mass is 32.2. The maximum Gasteiger partial charge on any atom is 0.214 e. The van der Waals surface area contributed by atoms with Crippen LogP contribution in [-0.4, -0.2) is 63.1 Å². The molecule has 0 atom stereocenters. The van der Waals surface area contributed by atoms with Gasteiger partial charge in [0.25, 0.3) is 0 Å². The summed E-state index contributed by atoms with van der Waals surface area (Å²) in [6.07, 6.45) is 12.6. The summed E-state index contributed by atoms with van der Waals surface area (Å²) in [5, 5.41) is 0. The van der Waals surface area contributed by atoms with Crippen LogP contribution in [0, 0.1) is 0 Å². The molecule has 1 fully saturated rings. The summed E-state index contributed by atoms with van der Waals surface area (Å²) >= 11 is 0. The second-order valence-corrected chi connectivity index (χ2v) is 12.1. The first kappa shape index (κ1) is 25.9. The van der Waals surface area contributed by atoms with Gasteiger partial charge in [0.2, 0.25) is 20.0 Å². The third-order valence-electron chi connectivity index (χ3n) is 5.50. The van der Waals surface area contributed by atoms with Gasteiger partial charge in [-0.1, -0.05) is 78.1 Å². The van der Waals surface area contributed by atoms with Crippen molar-refractivity contribution < 1.29 is 16.8 Å². The summed E-state index contributed by atoms with van der Waals surface area (Å²) in [7, 11) is -6.53. The van der Waals surface area contributed by atoms with E-state index in [0.717, 1.165) is 25.7 Å². The van der Waals surface area contributed by atoms with Gasteiger partial charge in [-0.25, -0.2) is 16.8 Å². The van der Waals surface area contributed by atoms with Gasteiger partial charge in [0, 0.05) is 26.2 Å². The molecule has 1 saturated heterocycles. The number of unbranched alkanes of at least 4 members (excludes halogenated alkanes) is 10. The molecule has 0 N–H and O–H groups in total. The highest BCUT2D eigenvalue weighted by Gasteiger charge is 2.31. The Morgan fingerprint density at radius 3 is 1.11 bits per heavy atom. The summed E-state index contributed by atoms with van der Waals surface area (Å²) in [5.41, 5.74) is 0. The zero-order chi connectivity index (χ0) is 20.9. The van der Waals surface area contributed by atoms with Crippen molar-refractivity contribution in [2.45, 2.75) is 90.9 Å². The number of piperazine rings is 1. The molecular formula is C20H42N2O4S2. The number of nitrogens with zero attached hydrogens (tertiary/aromatic N) is 2. The standard InChI is InChI=1S/C20H42N2O4S2/c1-3-5-7-9-11-13-19-27(23,24)21-15-17-22(18-16-21)28(25,26)20-14-12-10-8-6-4-2/h3-20H2,1-2H3. The molecule has 28 heavy (non-hydrogen) atoms. The van der Waals surface area contributed by atoms with E-state index in [1.807, 2.05) is 0 Å². The Morgan fingerprint density at radius 1 is 0.500 bits per heavy atom. The third kappa shape index (κ3) is 10.0. The minimum atomic E-state index is -3.26. The van der Waals surface area contributed by atoms with E-state index in [9.17, 15) is 16.8 Å².